The molecule has 0 radical (unpaired) electrons. The second-order valence-electron chi connectivity index (χ2n) is 5.81. The Hall–Kier alpha value is -1.51. The SMILES string of the molecule is COc1ccc(C)cc1C(C(=O)O)C1CCCCCC1. The summed E-state index contributed by atoms with van der Waals surface area (Å²) in [4.78, 5) is 11.8. The number of aliphatic carboxylic acids is 1. The van der Waals surface area contributed by atoms with Gasteiger partial charge in [-0.05, 0) is 31.7 Å². The Morgan fingerprint density at radius 1 is 1.25 bits per heavy atom. The highest BCUT2D eigenvalue weighted by atomic mass is 16.5. The number of carboxylic acids is 1. The first kappa shape index (κ1) is 14.9. The summed E-state index contributed by atoms with van der Waals surface area (Å²) in [5.74, 6) is -0.235. The fourth-order valence-corrected chi connectivity index (χ4v) is 3.33. The van der Waals surface area contributed by atoms with Gasteiger partial charge in [-0.25, -0.2) is 0 Å². The number of benzene rings is 1. The third kappa shape index (κ3) is 3.33. The van der Waals surface area contributed by atoms with Crippen LogP contribution in [0.2, 0.25) is 0 Å². The summed E-state index contributed by atoms with van der Waals surface area (Å²) in [6.07, 6.45) is 6.76. The van der Waals surface area contributed by atoms with E-state index in [1.54, 1.807) is 7.11 Å². The zero-order valence-electron chi connectivity index (χ0n) is 12.4. The van der Waals surface area contributed by atoms with Crippen LogP contribution in [0.1, 0.15) is 55.6 Å². The molecule has 110 valence electrons. The van der Waals surface area contributed by atoms with E-state index >= 15 is 0 Å². The number of aryl methyl sites for hydroxylation is 1. The number of hydrogen-bond donors (Lipinski definition) is 1. The van der Waals surface area contributed by atoms with Crippen LogP contribution in [0.25, 0.3) is 0 Å². The number of methoxy groups -OCH3 is 1. The van der Waals surface area contributed by atoms with Crippen LogP contribution in [-0.2, 0) is 4.79 Å². The van der Waals surface area contributed by atoms with Gasteiger partial charge in [0.15, 0.2) is 0 Å². The first-order valence-electron chi connectivity index (χ1n) is 7.51. The molecule has 0 aromatic heterocycles. The third-order valence-corrected chi connectivity index (χ3v) is 4.36. The molecule has 1 aliphatic carbocycles. The summed E-state index contributed by atoms with van der Waals surface area (Å²) in [6.45, 7) is 1.99. The third-order valence-electron chi connectivity index (χ3n) is 4.36. The minimum atomic E-state index is -0.721. The molecule has 0 spiro atoms. The van der Waals surface area contributed by atoms with Crippen molar-refractivity contribution in [2.24, 2.45) is 5.92 Å². The van der Waals surface area contributed by atoms with Gasteiger partial charge in [-0.2, -0.15) is 0 Å². The molecule has 3 heteroatoms. The van der Waals surface area contributed by atoms with Gasteiger partial charge in [0.05, 0.1) is 13.0 Å². The number of rotatable bonds is 4. The Bertz CT molecular complexity index is 459. The zero-order valence-corrected chi connectivity index (χ0v) is 12.4. The van der Waals surface area contributed by atoms with Crippen molar-refractivity contribution >= 4 is 5.97 Å². The molecular formula is C17H24O3. The highest BCUT2D eigenvalue weighted by Gasteiger charge is 2.32. The molecule has 1 aromatic carbocycles. The topological polar surface area (TPSA) is 46.5 Å². The normalized spacial score (nSPS) is 18.3. The summed E-state index contributed by atoms with van der Waals surface area (Å²) in [6, 6.07) is 5.83. The Morgan fingerprint density at radius 3 is 2.45 bits per heavy atom. The van der Waals surface area contributed by atoms with Gasteiger partial charge in [-0.15, -0.1) is 0 Å². The van der Waals surface area contributed by atoms with Crippen LogP contribution >= 0.6 is 0 Å². The Labute approximate surface area is 121 Å². The smallest absolute Gasteiger partial charge is 0.311 e. The molecule has 0 bridgehead atoms. The maximum atomic E-state index is 11.8. The number of hydrogen-bond acceptors (Lipinski definition) is 2. The quantitative estimate of drug-likeness (QED) is 0.841. The van der Waals surface area contributed by atoms with Gasteiger partial charge in [0.2, 0.25) is 0 Å². The molecule has 1 atom stereocenters. The molecule has 0 amide bonds. The Balaban J connectivity index is 2.36. The molecule has 0 saturated heterocycles. The van der Waals surface area contributed by atoms with Gasteiger partial charge >= 0.3 is 5.97 Å². The van der Waals surface area contributed by atoms with E-state index in [0.29, 0.717) is 5.75 Å². The van der Waals surface area contributed by atoms with Gasteiger partial charge < -0.3 is 9.84 Å². The number of carboxylic acid groups (broad SMARTS) is 1. The van der Waals surface area contributed by atoms with Crippen molar-refractivity contribution in [1.29, 1.82) is 0 Å². The minimum Gasteiger partial charge on any atom is -0.496 e. The van der Waals surface area contributed by atoms with E-state index in [1.807, 2.05) is 25.1 Å². The van der Waals surface area contributed by atoms with Gasteiger partial charge in [0.1, 0.15) is 5.75 Å². The van der Waals surface area contributed by atoms with Crippen molar-refractivity contribution in [1.82, 2.24) is 0 Å². The Kier molecular flexibility index (Phi) is 5.05. The number of carbonyl (C=O) groups is 1. The first-order valence-corrected chi connectivity index (χ1v) is 7.51. The molecule has 1 N–H and O–H groups in total. The lowest BCUT2D eigenvalue weighted by Crippen LogP contribution is -2.22. The van der Waals surface area contributed by atoms with Crippen molar-refractivity contribution in [3.63, 3.8) is 0 Å². The Morgan fingerprint density at radius 2 is 1.90 bits per heavy atom. The van der Waals surface area contributed by atoms with Gasteiger partial charge in [-0.3, -0.25) is 4.79 Å². The summed E-state index contributed by atoms with van der Waals surface area (Å²) >= 11 is 0. The summed E-state index contributed by atoms with van der Waals surface area (Å²) < 4.78 is 5.39. The van der Waals surface area contributed by atoms with E-state index in [0.717, 1.165) is 36.8 Å². The average Bonchev–Trinajstić information content (AvgIpc) is 2.68. The summed E-state index contributed by atoms with van der Waals surface area (Å²) in [5.41, 5.74) is 1.92. The van der Waals surface area contributed by atoms with Crippen molar-refractivity contribution in [3.05, 3.63) is 29.3 Å². The molecule has 2 rings (SSSR count). The monoisotopic (exact) mass is 276 g/mol. The summed E-state index contributed by atoms with van der Waals surface area (Å²) in [5, 5.41) is 9.73. The predicted octanol–water partition coefficient (Wildman–Crippen LogP) is 4.14. The van der Waals surface area contributed by atoms with E-state index in [2.05, 4.69) is 0 Å². The van der Waals surface area contributed by atoms with Crippen LogP contribution < -0.4 is 4.74 Å². The molecule has 1 unspecified atom stereocenters. The maximum absolute atomic E-state index is 11.8. The largest absolute Gasteiger partial charge is 0.496 e. The van der Waals surface area contributed by atoms with E-state index in [-0.39, 0.29) is 5.92 Å². The maximum Gasteiger partial charge on any atom is 0.311 e. The molecule has 1 fully saturated rings. The summed E-state index contributed by atoms with van der Waals surface area (Å²) in [7, 11) is 1.61. The average molecular weight is 276 g/mol. The lowest BCUT2D eigenvalue weighted by molar-refractivity contribution is -0.140. The highest BCUT2D eigenvalue weighted by molar-refractivity contribution is 5.77. The van der Waals surface area contributed by atoms with E-state index in [1.165, 1.54) is 12.8 Å². The lowest BCUT2D eigenvalue weighted by Gasteiger charge is -2.24. The standard InChI is InChI=1S/C17H24O3/c1-12-9-10-15(20-2)14(11-12)16(17(18)19)13-7-5-3-4-6-8-13/h9-11,13,16H,3-8H2,1-2H3,(H,18,19). The van der Waals surface area contributed by atoms with Gasteiger partial charge in [0, 0.05) is 5.56 Å². The van der Waals surface area contributed by atoms with Crippen LogP contribution in [0.4, 0.5) is 0 Å². The fourth-order valence-electron chi connectivity index (χ4n) is 3.33. The van der Waals surface area contributed by atoms with Crippen LogP contribution in [0.5, 0.6) is 5.75 Å². The van der Waals surface area contributed by atoms with Gasteiger partial charge in [-0.1, -0.05) is 43.4 Å². The van der Waals surface area contributed by atoms with Crippen molar-refractivity contribution in [3.8, 4) is 5.75 Å². The van der Waals surface area contributed by atoms with Crippen molar-refractivity contribution in [2.45, 2.75) is 51.4 Å². The van der Waals surface area contributed by atoms with Crippen LogP contribution in [0, 0.1) is 12.8 Å². The number of ether oxygens (including phenoxy) is 1. The first-order chi connectivity index (χ1) is 9.63. The van der Waals surface area contributed by atoms with Crippen molar-refractivity contribution < 1.29 is 14.6 Å². The van der Waals surface area contributed by atoms with E-state index < -0.39 is 11.9 Å². The lowest BCUT2D eigenvalue weighted by atomic mass is 9.80. The van der Waals surface area contributed by atoms with Crippen LogP contribution in [0.15, 0.2) is 18.2 Å². The molecular weight excluding hydrogens is 252 g/mol. The minimum absolute atomic E-state index is 0.227. The van der Waals surface area contributed by atoms with E-state index in [9.17, 15) is 9.90 Å². The molecule has 1 aliphatic rings. The molecule has 20 heavy (non-hydrogen) atoms. The van der Waals surface area contributed by atoms with Crippen LogP contribution in [-0.4, -0.2) is 18.2 Å². The van der Waals surface area contributed by atoms with Gasteiger partial charge in [0.25, 0.3) is 0 Å². The van der Waals surface area contributed by atoms with Crippen LogP contribution in [0.3, 0.4) is 0 Å². The van der Waals surface area contributed by atoms with Crippen molar-refractivity contribution in [2.75, 3.05) is 7.11 Å². The second kappa shape index (κ2) is 6.78. The van der Waals surface area contributed by atoms with E-state index in [4.69, 9.17) is 4.74 Å². The molecule has 0 heterocycles. The molecule has 0 aliphatic heterocycles. The highest BCUT2D eigenvalue weighted by Crippen LogP contribution is 2.39. The second-order valence-corrected chi connectivity index (χ2v) is 5.81. The molecule has 3 nitrogen and oxygen atoms in total. The molecule has 1 saturated carbocycles. The zero-order chi connectivity index (χ0) is 14.5. The fraction of sp³-hybridized carbons (Fsp3) is 0.588. The molecule has 1 aromatic rings. The predicted molar refractivity (Wildman–Crippen MR) is 79.3 cm³/mol.